The fraction of sp³-hybridized carbons (Fsp3) is 1.00. The molecule has 1 fully saturated rings. The Hall–Kier alpha value is 0.250. The van der Waals surface area contributed by atoms with Crippen molar-refractivity contribution in [3.8, 4) is 0 Å². The first-order valence-corrected chi connectivity index (χ1v) is 6.76. The van der Waals surface area contributed by atoms with Crippen LogP contribution in [-0.4, -0.2) is 18.5 Å². The Morgan fingerprint density at radius 2 is 2.00 bits per heavy atom. The predicted octanol–water partition coefficient (Wildman–Crippen LogP) is 3.81. The van der Waals surface area contributed by atoms with E-state index in [0.717, 1.165) is 12.5 Å². The van der Waals surface area contributed by atoms with Crippen LogP contribution in [-0.2, 0) is 0 Å². The zero-order valence-corrected chi connectivity index (χ0v) is 11.2. The molecule has 1 aliphatic carbocycles. The van der Waals surface area contributed by atoms with Crippen LogP contribution in [0.5, 0.6) is 0 Å². The molecule has 0 aromatic heterocycles. The predicted molar refractivity (Wildman–Crippen MR) is 68.5 cm³/mol. The Morgan fingerprint density at radius 3 is 2.60 bits per heavy atom. The molecule has 0 radical (unpaired) electrons. The number of halogens is 1. The summed E-state index contributed by atoms with van der Waals surface area (Å²) in [7, 11) is 0. The van der Waals surface area contributed by atoms with E-state index in [-0.39, 0.29) is 0 Å². The Labute approximate surface area is 100.0 Å². The molecule has 0 heterocycles. The molecule has 1 rings (SSSR count). The van der Waals surface area contributed by atoms with E-state index in [4.69, 9.17) is 11.6 Å². The molecule has 15 heavy (non-hydrogen) atoms. The van der Waals surface area contributed by atoms with Crippen LogP contribution in [0.25, 0.3) is 0 Å². The molecule has 0 aromatic carbocycles. The molecule has 0 spiro atoms. The van der Waals surface area contributed by atoms with Crippen LogP contribution in [0, 0.1) is 11.3 Å². The SMILES string of the molecule is CC(C)(C)CCNCC1CCCC(Cl)C1. The zero-order valence-electron chi connectivity index (χ0n) is 10.5. The number of hydrogen-bond acceptors (Lipinski definition) is 1. The summed E-state index contributed by atoms with van der Waals surface area (Å²) in [5.74, 6) is 0.821. The van der Waals surface area contributed by atoms with Gasteiger partial charge in [0, 0.05) is 5.38 Å². The monoisotopic (exact) mass is 231 g/mol. The van der Waals surface area contributed by atoms with Crippen LogP contribution in [0.1, 0.15) is 52.9 Å². The van der Waals surface area contributed by atoms with Crippen molar-refractivity contribution in [1.29, 1.82) is 0 Å². The van der Waals surface area contributed by atoms with E-state index < -0.39 is 0 Å². The topological polar surface area (TPSA) is 12.0 Å². The normalized spacial score (nSPS) is 28.0. The van der Waals surface area contributed by atoms with E-state index in [9.17, 15) is 0 Å². The fourth-order valence-electron chi connectivity index (χ4n) is 2.18. The van der Waals surface area contributed by atoms with E-state index in [0.29, 0.717) is 10.8 Å². The van der Waals surface area contributed by atoms with Crippen LogP contribution in [0.2, 0.25) is 0 Å². The minimum Gasteiger partial charge on any atom is -0.316 e. The largest absolute Gasteiger partial charge is 0.316 e. The van der Waals surface area contributed by atoms with Crippen LogP contribution in [0.4, 0.5) is 0 Å². The van der Waals surface area contributed by atoms with E-state index >= 15 is 0 Å². The number of alkyl halides is 1. The zero-order chi connectivity index (χ0) is 11.3. The molecule has 0 aliphatic heterocycles. The quantitative estimate of drug-likeness (QED) is 0.573. The Kier molecular flexibility index (Phi) is 5.42. The molecular formula is C13H26ClN. The minimum atomic E-state index is 0.438. The van der Waals surface area contributed by atoms with E-state index in [2.05, 4.69) is 26.1 Å². The number of nitrogens with one attached hydrogen (secondary N) is 1. The summed E-state index contributed by atoms with van der Waals surface area (Å²) in [5.41, 5.74) is 0.453. The van der Waals surface area contributed by atoms with Gasteiger partial charge in [0.25, 0.3) is 0 Å². The Morgan fingerprint density at radius 1 is 1.27 bits per heavy atom. The first kappa shape index (κ1) is 13.3. The summed E-state index contributed by atoms with van der Waals surface area (Å²) >= 11 is 6.17. The van der Waals surface area contributed by atoms with Gasteiger partial charge in [0.15, 0.2) is 0 Å². The summed E-state index contributed by atoms with van der Waals surface area (Å²) in [6, 6.07) is 0. The molecule has 1 aliphatic rings. The lowest BCUT2D eigenvalue weighted by molar-refractivity contribution is 0.323. The highest BCUT2D eigenvalue weighted by Crippen LogP contribution is 2.27. The number of hydrogen-bond donors (Lipinski definition) is 1. The molecular weight excluding hydrogens is 206 g/mol. The molecule has 1 nitrogen and oxygen atoms in total. The second-order valence-corrected chi connectivity index (χ2v) is 6.76. The van der Waals surface area contributed by atoms with Gasteiger partial charge in [-0.3, -0.25) is 0 Å². The highest BCUT2D eigenvalue weighted by molar-refractivity contribution is 6.20. The van der Waals surface area contributed by atoms with Gasteiger partial charge < -0.3 is 5.32 Å². The lowest BCUT2D eigenvalue weighted by Gasteiger charge is -2.26. The molecule has 0 aromatic rings. The van der Waals surface area contributed by atoms with Gasteiger partial charge in [-0.05, 0) is 50.1 Å². The first-order chi connectivity index (χ1) is 6.97. The molecule has 2 unspecified atom stereocenters. The average molecular weight is 232 g/mol. The van der Waals surface area contributed by atoms with Crippen molar-refractivity contribution in [2.24, 2.45) is 11.3 Å². The summed E-state index contributed by atoms with van der Waals surface area (Å²) < 4.78 is 0. The van der Waals surface area contributed by atoms with Gasteiger partial charge >= 0.3 is 0 Å². The molecule has 0 amide bonds. The second-order valence-electron chi connectivity index (χ2n) is 6.14. The molecule has 0 bridgehead atoms. The van der Waals surface area contributed by atoms with Crippen LogP contribution in [0.3, 0.4) is 0 Å². The minimum absolute atomic E-state index is 0.438. The molecule has 2 heteroatoms. The Balaban J connectivity index is 2.04. The van der Waals surface area contributed by atoms with Gasteiger partial charge in [0.05, 0.1) is 0 Å². The van der Waals surface area contributed by atoms with Crippen LogP contribution in [0.15, 0.2) is 0 Å². The van der Waals surface area contributed by atoms with Gasteiger partial charge in [-0.25, -0.2) is 0 Å². The van der Waals surface area contributed by atoms with Crippen molar-refractivity contribution in [2.75, 3.05) is 13.1 Å². The van der Waals surface area contributed by atoms with E-state index in [1.807, 2.05) is 0 Å². The standard InChI is InChI=1S/C13H26ClN/c1-13(2,3)7-8-15-10-11-5-4-6-12(14)9-11/h11-12,15H,4-10H2,1-3H3. The third kappa shape index (κ3) is 6.42. The summed E-state index contributed by atoms with van der Waals surface area (Å²) in [6.45, 7) is 9.20. The highest BCUT2D eigenvalue weighted by atomic mass is 35.5. The van der Waals surface area contributed by atoms with Crippen molar-refractivity contribution in [1.82, 2.24) is 5.32 Å². The summed E-state index contributed by atoms with van der Waals surface area (Å²) in [4.78, 5) is 0. The second kappa shape index (κ2) is 6.10. The lowest BCUT2D eigenvalue weighted by atomic mass is 9.88. The van der Waals surface area contributed by atoms with Crippen molar-refractivity contribution in [3.05, 3.63) is 0 Å². The van der Waals surface area contributed by atoms with Gasteiger partial charge in [0.2, 0.25) is 0 Å². The van der Waals surface area contributed by atoms with Gasteiger partial charge in [0.1, 0.15) is 0 Å². The van der Waals surface area contributed by atoms with Crippen molar-refractivity contribution in [3.63, 3.8) is 0 Å². The lowest BCUT2D eigenvalue weighted by Crippen LogP contribution is -2.29. The van der Waals surface area contributed by atoms with Crippen LogP contribution >= 0.6 is 11.6 Å². The van der Waals surface area contributed by atoms with Crippen molar-refractivity contribution in [2.45, 2.75) is 58.3 Å². The van der Waals surface area contributed by atoms with Crippen molar-refractivity contribution >= 4 is 11.6 Å². The molecule has 1 saturated carbocycles. The maximum absolute atomic E-state index is 6.17. The maximum atomic E-state index is 6.17. The molecule has 2 atom stereocenters. The van der Waals surface area contributed by atoms with Gasteiger partial charge in [-0.15, -0.1) is 11.6 Å². The fourth-order valence-corrected chi connectivity index (χ4v) is 2.59. The third-order valence-corrected chi connectivity index (χ3v) is 3.60. The van der Waals surface area contributed by atoms with E-state index in [1.165, 1.54) is 38.6 Å². The summed E-state index contributed by atoms with van der Waals surface area (Å²) in [5, 5.41) is 4.01. The van der Waals surface area contributed by atoms with Gasteiger partial charge in [-0.2, -0.15) is 0 Å². The number of rotatable bonds is 4. The molecule has 1 N–H and O–H groups in total. The average Bonchev–Trinajstić information content (AvgIpc) is 2.11. The van der Waals surface area contributed by atoms with Crippen molar-refractivity contribution < 1.29 is 0 Å². The highest BCUT2D eigenvalue weighted by Gasteiger charge is 2.19. The molecule has 90 valence electrons. The summed E-state index contributed by atoms with van der Waals surface area (Å²) in [6.07, 6.45) is 6.37. The smallest absolute Gasteiger partial charge is 0.0339 e. The maximum Gasteiger partial charge on any atom is 0.0339 e. The van der Waals surface area contributed by atoms with Gasteiger partial charge in [-0.1, -0.05) is 27.2 Å². The van der Waals surface area contributed by atoms with E-state index in [1.54, 1.807) is 0 Å². The third-order valence-electron chi connectivity index (χ3n) is 3.20. The first-order valence-electron chi connectivity index (χ1n) is 6.32. The van der Waals surface area contributed by atoms with Crippen LogP contribution < -0.4 is 5.32 Å². The molecule has 0 saturated heterocycles. The Bertz CT molecular complexity index is 174.